The minimum absolute atomic E-state index is 0.0201. The number of benzene rings is 1. The molecule has 8 nitrogen and oxygen atoms in total. The molecule has 0 radical (unpaired) electrons. The largest absolute Gasteiger partial charge is 0.486 e. The van der Waals surface area contributed by atoms with E-state index in [1.54, 1.807) is 18.2 Å². The molecule has 3 rings (SSSR count). The molecular formula is C14H17N5O3S. The van der Waals surface area contributed by atoms with Crippen molar-refractivity contribution in [1.82, 2.24) is 20.2 Å². The topological polar surface area (TPSA) is 96.0 Å². The van der Waals surface area contributed by atoms with Crippen molar-refractivity contribution in [1.29, 1.82) is 0 Å². The van der Waals surface area contributed by atoms with Crippen LogP contribution >= 0.6 is 11.8 Å². The molecule has 1 aliphatic carbocycles. The zero-order valence-corrected chi connectivity index (χ0v) is 13.3. The Morgan fingerprint density at radius 3 is 2.91 bits per heavy atom. The fourth-order valence-corrected chi connectivity index (χ4v) is 3.43. The molecule has 1 aromatic heterocycles. The lowest BCUT2D eigenvalue weighted by atomic mass is 10.3. The van der Waals surface area contributed by atoms with Crippen LogP contribution in [-0.4, -0.2) is 37.5 Å². The second-order valence-electron chi connectivity index (χ2n) is 5.27. The Morgan fingerprint density at radius 2 is 2.13 bits per heavy atom. The van der Waals surface area contributed by atoms with Gasteiger partial charge in [-0.25, -0.2) is 4.68 Å². The van der Waals surface area contributed by atoms with E-state index >= 15 is 0 Å². The fraction of sp³-hybridized carbons (Fsp3) is 0.500. The zero-order valence-electron chi connectivity index (χ0n) is 12.5. The number of para-hydroxylation sites is 2. The summed E-state index contributed by atoms with van der Waals surface area (Å²) in [5.74, 6) is 0.910. The Hall–Kier alpha value is -2.16. The third-order valence-electron chi connectivity index (χ3n) is 3.77. The molecule has 0 aliphatic heterocycles. The molecule has 1 heterocycles. The minimum Gasteiger partial charge on any atom is -0.486 e. The summed E-state index contributed by atoms with van der Waals surface area (Å²) in [4.78, 5) is 10.5. The van der Waals surface area contributed by atoms with Gasteiger partial charge in [0.15, 0.2) is 5.75 Å². The normalized spacial score (nSPS) is 15.0. The third-order valence-corrected chi connectivity index (χ3v) is 4.66. The number of thioether (sulfide) groups is 1. The Bertz CT molecular complexity index is 672. The number of nitro benzene ring substituents is 1. The van der Waals surface area contributed by atoms with E-state index in [-0.39, 0.29) is 11.4 Å². The van der Waals surface area contributed by atoms with Crippen molar-refractivity contribution in [3.8, 4) is 5.75 Å². The first kappa shape index (κ1) is 15.7. The zero-order chi connectivity index (χ0) is 16.1. The summed E-state index contributed by atoms with van der Waals surface area (Å²) >= 11 is 1.51. The molecule has 0 N–H and O–H groups in total. The molecule has 23 heavy (non-hydrogen) atoms. The lowest BCUT2D eigenvalue weighted by molar-refractivity contribution is -0.385. The van der Waals surface area contributed by atoms with Gasteiger partial charge in [0.1, 0.15) is 0 Å². The third kappa shape index (κ3) is 3.79. The van der Waals surface area contributed by atoms with Crippen LogP contribution in [0, 0.1) is 10.1 Å². The van der Waals surface area contributed by atoms with Gasteiger partial charge in [0.05, 0.1) is 17.6 Å². The van der Waals surface area contributed by atoms with Gasteiger partial charge in [0, 0.05) is 11.8 Å². The highest BCUT2D eigenvalue weighted by molar-refractivity contribution is 7.99. The van der Waals surface area contributed by atoms with E-state index in [2.05, 4.69) is 15.5 Å². The van der Waals surface area contributed by atoms with Gasteiger partial charge in [-0.2, -0.15) is 0 Å². The highest BCUT2D eigenvalue weighted by Gasteiger charge is 2.21. The van der Waals surface area contributed by atoms with Crippen molar-refractivity contribution in [2.75, 3.05) is 12.4 Å². The van der Waals surface area contributed by atoms with Gasteiger partial charge in [0.25, 0.3) is 0 Å². The first-order valence-corrected chi connectivity index (χ1v) is 8.51. The molecule has 1 aromatic carbocycles. The maximum atomic E-state index is 10.9. The summed E-state index contributed by atoms with van der Waals surface area (Å²) < 4.78 is 7.41. The lowest BCUT2D eigenvalue weighted by Gasteiger charge is -2.11. The average Bonchev–Trinajstić information content (AvgIpc) is 3.22. The van der Waals surface area contributed by atoms with Gasteiger partial charge in [0.2, 0.25) is 5.16 Å². The van der Waals surface area contributed by atoms with E-state index in [9.17, 15) is 10.1 Å². The van der Waals surface area contributed by atoms with E-state index in [1.807, 2.05) is 4.68 Å². The molecule has 0 unspecified atom stereocenters. The summed E-state index contributed by atoms with van der Waals surface area (Å²) in [5, 5.41) is 23.6. The second kappa shape index (κ2) is 7.40. The summed E-state index contributed by atoms with van der Waals surface area (Å²) in [6.07, 6.45) is 4.67. The first-order chi connectivity index (χ1) is 11.3. The van der Waals surface area contributed by atoms with Crippen molar-refractivity contribution in [3.63, 3.8) is 0 Å². The number of tetrazole rings is 1. The fourth-order valence-electron chi connectivity index (χ4n) is 2.67. The van der Waals surface area contributed by atoms with Crippen LogP contribution in [0.15, 0.2) is 29.4 Å². The molecule has 2 aromatic rings. The highest BCUT2D eigenvalue weighted by atomic mass is 32.2. The van der Waals surface area contributed by atoms with Gasteiger partial charge >= 0.3 is 5.69 Å². The standard InChI is InChI=1S/C14H17N5O3S/c20-19(21)12-7-3-4-8-13(12)22-9-10-23-14-15-16-17-18(14)11-5-1-2-6-11/h3-4,7-8,11H,1-2,5-6,9-10H2. The smallest absolute Gasteiger partial charge is 0.310 e. The lowest BCUT2D eigenvalue weighted by Crippen LogP contribution is -2.09. The number of ether oxygens (including phenoxy) is 1. The van der Waals surface area contributed by atoms with Gasteiger partial charge in [-0.15, -0.1) is 5.10 Å². The first-order valence-electron chi connectivity index (χ1n) is 7.52. The van der Waals surface area contributed by atoms with Crippen LogP contribution in [0.3, 0.4) is 0 Å². The van der Waals surface area contributed by atoms with Gasteiger partial charge in [-0.05, 0) is 29.3 Å². The average molecular weight is 335 g/mol. The van der Waals surface area contributed by atoms with Crippen LogP contribution in [0.25, 0.3) is 0 Å². The number of rotatable bonds is 7. The molecule has 1 fully saturated rings. The van der Waals surface area contributed by atoms with Crippen LogP contribution in [0.4, 0.5) is 5.69 Å². The van der Waals surface area contributed by atoms with Crippen LogP contribution < -0.4 is 4.74 Å². The second-order valence-corrected chi connectivity index (χ2v) is 6.33. The van der Waals surface area contributed by atoms with Crippen LogP contribution in [0.5, 0.6) is 5.75 Å². The Morgan fingerprint density at radius 1 is 1.35 bits per heavy atom. The molecule has 0 spiro atoms. The van der Waals surface area contributed by atoms with Gasteiger partial charge < -0.3 is 4.74 Å². The maximum Gasteiger partial charge on any atom is 0.310 e. The highest BCUT2D eigenvalue weighted by Crippen LogP contribution is 2.31. The Balaban J connectivity index is 1.53. The monoisotopic (exact) mass is 335 g/mol. The number of hydrogen-bond donors (Lipinski definition) is 0. The van der Waals surface area contributed by atoms with Crippen molar-refractivity contribution < 1.29 is 9.66 Å². The van der Waals surface area contributed by atoms with Crippen molar-refractivity contribution >= 4 is 17.4 Å². The number of nitrogens with zero attached hydrogens (tertiary/aromatic N) is 5. The molecule has 0 amide bonds. The molecule has 0 atom stereocenters. The summed E-state index contributed by atoms with van der Waals surface area (Å²) in [6.45, 7) is 0.354. The Labute approximate surface area is 137 Å². The SMILES string of the molecule is O=[N+]([O-])c1ccccc1OCCSc1nnnn1C1CCCC1. The molecule has 9 heteroatoms. The number of nitro groups is 1. The number of aromatic nitrogens is 4. The Kier molecular flexibility index (Phi) is 5.06. The number of hydrogen-bond acceptors (Lipinski definition) is 7. The quantitative estimate of drug-likeness (QED) is 0.332. The van der Waals surface area contributed by atoms with E-state index in [0.717, 1.165) is 18.0 Å². The van der Waals surface area contributed by atoms with Crippen LogP contribution in [0.2, 0.25) is 0 Å². The summed E-state index contributed by atoms with van der Waals surface area (Å²) in [5.41, 5.74) is -0.0201. The molecule has 0 saturated heterocycles. The predicted molar refractivity (Wildman–Crippen MR) is 84.6 cm³/mol. The van der Waals surface area contributed by atoms with E-state index in [1.165, 1.54) is 30.7 Å². The maximum absolute atomic E-state index is 10.9. The molecule has 0 bridgehead atoms. The van der Waals surface area contributed by atoms with Crippen LogP contribution in [-0.2, 0) is 0 Å². The van der Waals surface area contributed by atoms with Crippen molar-refractivity contribution in [2.24, 2.45) is 0 Å². The summed E-state index contributed by atoms with van der Waals surface area (Å²) in [7, 11) is 0. The molecular weight excluding hydrogens is 318 g/mol. The van der Waals surface area contributed by atoms with Gasteiger partial charge in [-0.1, -0.05) is 36.7 Å². The molecule has 1 aliphatic rings. The summed E-state index contributed by atoms with van der Waals surface area (Å²) in [6, 6.07) is 6.77. The van der Waals surface area contributed by atoms with Crippen molar-refractivity contribution in [2.45, 2.75) is 36.9 Å². The molecule has 122 valence electrons. The van der Waals surface area contributed by atoms with E-state index in [0.29, 0.717) is 18.4 Å². The van der Waals surface area contributed by atoms with E-state index in [4.69, 9.17) is 4.74 Å². The predicted octanol–water partition coefficient (Wildman–Crippen LogP) is 2.87. The minimum atomic E-state index is -0.441. The molecule has 1 saturated carbocycles. The van der Waals surface area contributed by atoms with Gasteiger partial charge in [-0.3, -0.25) is 10.1 Å². The van der Waals surface area contributed by atoms with Crippen molar-refractivity contribution in [3.05, 3.63) is 34.4 Å². The van der Waals surface area contributed by atoms with Crippen LogP contribution in [0.1, 0.15) is 31.7 Å². The van der Waals surface area contributed by atoms with E-state index < -0.39 is 4.92 Å².